The third-order valence-electron chi connectivity index (χ3n) is 5.37. The molecule has 0 radical (unpaired) electrons. The third-order valence-corrected chi connectivity index (χ3v) is 5.37. The van der Waals surface area contributed by atoms with Gasteiger partial charge >= 0.3 is 0 Å². The molecule has 0 fully saturated rings. The molecule has 6 nitrogen and oxygen atoms in total. The van der Waals surface area contributed by atoms with Gasteiger partial charge in [0.05, 0.1) is 18.8 Å². The minimum atomic E-state index is -0.263. The number of ether oxygens (including phenoxy) is 2. The molecule has 0 bridgehead atoms. The Kier molecular flexibility index (Phi) is 5.36. The van der Waals surface area contributed by atoms with Crippen molar-refractivity contribution in [1.82, 2.24) is 15.1 Å². The fourth-order valence-corrected chi connectivity index (χ4v) is 3.95. The number of benzene rings is 2. The quantitative estimate of drug-likeness (QED) is 0.619. The number of amides is 1. The van der Waals surface area contributed by atoms with Crippen molar-refractivity contribution in [3.63, 3.8) is 0 Å². The molecule has 1 aromatic heterocycles. The molecule has 0 spiro atoms. The summed E-state index contributed by atoms with van der Waals surface area (Å²) >= 11 is 0. The fraction of sp³-hybridized carbons (Fsp3) is 0.304. The molecule has 0 saturated carbocycles. The van der Waals surface area contributed by atoms with Crippen LogP contribution in [0.5, 0.6) is 5.75 Å². The van der Waals surface area contributed by atoms with Gasteiger partial charge in [-0.05, 0) is 19.4 Å². The van der Waals surface area contributed by atoms with E-state index in [1.807, 2.05) is 41.3 Å². The first-order valence-electron chi connectivity index (χ1n) is 9.73. The lowest BCUT2D eigenvalue weighted by atomic mass is 9.95. The molecule has 1 aliphatic heterocycles. The highest BCUT2D eigenvalue weighted by Crippen LogP contribution is 2.45. The Morgan fingerprint density at radius 2 is 1.86 bits per heavy atom. The van der Waals surface area contributed by atoms with Gasteiger partial charge in [-0.15, -0.1) is 0 Å². The van der Waals surface area contributed by atoms with Crippen LogP contribution in [0.2, 0.25) is 0 Å². The van der Waals surface area contributed by atoms with E-state index in [9.17, 15) is 4.79 Å². The highest BCUT2D eigenvalue weighted by Gasteiger charge is 2.42. The minimum Gasteiger partial charge on any atom is -0.496 e. The van der Waals surface area contributed by atoms with Crippen LogP contribution in [0.4, 0.5) is 0 Å². The maximum atomic E-state index is 13.2. The van der Waals surface area contributed by atoms with Crippen molar-refractivity contribution in [1.29, 1.82) is 0 Å². The number of aromatic amines is 1. The summed E-state index contributed by atoms with van der Waals surface area (Å²) in [6, 6.07) is 15.8. The van der Waals surface area contributed by atoms with Crippen LogP contribution in [-0.2, 0) is 4.74 Å². The van der Waals surface area contributed by atoms with Crippen LogP contribution in [0.1, 0.15) is 39.6 Å². The van der Waals surface area contributed by atoms with Crippen molar-refractivity contribution in [2.45, 2.75) is 19.4 Å². The lowest BCUT2D eigenvalue weighted by Gasteiger charge is -2.27. The van der Waals surface area contributed by atoms with Crippen molar-refractivity contribution in [3.8, 4) is 17.0 Å². The van der Waals surface area contributed by atoms with E-state index >= 15 is 0 Å². The van der Waals surface area contributed by atoms with Gasteiger partial charge in [0.1, 0.15) is 11.4 Å². The molecule has 1 atom stereocenters. The summed E-state index contributed by atoms with van der Waals surface area (Å²) in [5.74, 6) is 0.712. The summed E-state index contributed by atoms with van der Waals surface area (Å²) in [6.45, 7) is 3.24. The Bertz CT molecular complexity index is 1010. The predicted molar refractivity (Wildman–Crippen MR) is 111 cm³/mol. The summed E-state index contributed by atoms with van der Waals surface area (Å²) in [5.41, 5.74) is 5.38. The van der Waals surface area contributed by atoms with E-state index in [0.29, 0.717) is 18.8 Å². The smallest absolute Gasteiger partial charge is 0.273 e. The molecular weight excluding hydrogens is 366 g/mol. The molecular formula is C23H25N3O3. The zero-order valence-electron chi connectivity index (χ0n) is 16.9. The van der Waals surface area contributed by atoms with Crippen LogP contribution in [0.3, 0.4) is 0 Å². The highest BCUT2D eigenvalue weighted by molar-refractivity contribution is 6.00. The number of para-hydroxylation sites is 1. The molecule has 0 aliphatic carbocycles. The Morgan fingerprint density at radius 3 is 2.59 bits per heavy atom. The van der Waals surface area contributed by atoms with Crippen molar-refractivity contribution in [2.75, 3.05) is 27.4 Å². The first kappa shape index (κ1) is 19.2. The van der Waals surface area contributed by atoms with E-state index in [4.69, 9.17) is 9.47 Å². The predicted octanol–water partition coefficient (Wildman–Crippen LogP) is 3.98. The van der Waals surface area contributed by atoms with E-state index < -0.39 is 0 Å². The largest absolute Gasteiger partial charge is 0.496 e. The average Bonchev–Trinajstić information content (AvgIpc) is 3.28. The molecule has 150 valence electrons. The molecule has 29 heavy (non-hydrogen) atoms. The topological polar surface area (TPSA) is 67.5 Å². The summed E-state index contributed by atoms with van der Waals surface area (Å²) in [4.78, 5) is 15.1. The van der Waals surface area contributed by atoms with E-state index in [1.54, 1.807) is 14.2 Å². The Labute approximate surface area is 170 Å². The first-order valence-corrected chi connectivity index (χ1v) is 9.73. The maximum absolute atomic E-state index is 13.2. The molecule has 2 heterocycles. The number of carbonyl (C=O) groups is 1. The molecule has 6 heteroatoms. The minimum absolute atomic E-state index is 0.0436. The summed E-state index contributed by atoms with van der Waals surface area (Å²) in [5, 5.41) is 7.51. The second kappa shape index (κ2) is 8.09. The molecule has 2 aromatic carbocycles. The van der Waals surface area contributed by atoms with Crippen molar-refractivity contribution < 1.29 is 14.3 Å². The summed E-state index contributed by atoms with van der Waals surface area (Å²) in [6.07, 6.45) is 0.755. The van der Waals surface area contributed by atoms with Gasteiger partial charge in [-0.2, -0.15) is 5.10 Å². The van der Waals surface area contributed by atoms with E-state index in [-0.39, 0.29) is 11.9 Å². The number of rotatable bonds is 7. The number of hydrogen-bond donors (Lipinski definition) is 1. The SMILES string of the molecule is COCCCN1C(=O)c2[nH]nc(-c3ccc(C)cc3)c2C1c1ccccc1OC. The number of hydrogen-bond acceptors (Lipinski definition) is 4. The van der Waals surface area contributed by atoms with Crippen LogP contribution in [0.25, 0.3) is 11.3 Å². The lowest BCUT2D eigenvalue weighted by Crippen LogP contribution is -2.31. The number of fused-ring (bicyclic) bond motifs is 1. The summed E-state index contributed by atoms with van der Waals surface area (Å²) in [7, 11) is 3.33. The normalized spacial score (nSPS) is 15.6. The first-order chi connectivity index (χ1) is 14.2. The second-order valence-corrected chi connectivity index (χ2v) is 7.22. The standard InChI is InChI=1S/C23H25N3O3/c1-15-9-11-16(12-10-15)20-19-21(25-24-20)23(27)26(13-6-14-28-2)22(19)17-7-4-5-8-18(17)29-3/h4-5,7-12,22H,6,13-14H2,1-3H3,(H,24,25). The van der Waals surface area contributed by atoms with Gasteiger partial charge < -0.3 is 14.4 Å². The maximum Gasteiger partial charge on any atom is 0.273 e. The van der Waals surface area contributed by atoms with E-state index in [2.05, 4.69) is 29.3 Å². The van der Waals surface area contributed by atoms with Crippen LogP contribution < -0.4 is 4.74 Å². The molecule has 1 unspecified atom stereocenters. The lowest BCUT2D eigenvalue weighted by molar-refractivity contribution is 0.0722. The van der Waals surface area contributed by atoms with Crippen LogP contribution in [-0.4, -0.2) is 48.4 Å². The van der Waals surface area contributed by atoms with Crippen LogP contribution in [0.15, 0.2) is 48.5 Å². The number of aromatic nitrogens is 2. The van der Waals surface area contributed by atoms with Crippen LogP contribution >= 0.6 is 0 Å². The van der Waals surface area contributed by atoms with E-state index in [1.165, 1.54) is 5.56 Å². The Hall–Kier alpha value is -3.12. The zero-order valence-corrected chi connectivity index (χ0v) is 16.9. The number of methoxy groups -OCH3 is 2. The fourth-order valence-electron chi connectivity index (χ4n) is 3.95. The van der Waals surface area contributed by atoms with Gasteiger partial charge in [-0.1, -0.05) is 48.0 Å². The number of nitrogens with zero attached hydrogens (tertiary/aromatic N) is 2. The molecule has 1 aliphatic rings. The highest BCUT2D eigenvalue weighted by atomic mass is 16.5. The Balaban J connectivity index is 1.85. The molecule has 3 aromatic rings. The molecule has 1 amide bonds. The van der Waals surface area contributed by atoms with Gasteiger partial charge in [-0.3, -0.25) is 9.89 Å². The molecule has 4 rings (SSSR count). The number of H-pyrrole nitrogens is 1. The van der Waals surface area contributed by atoms with Gasteiger partial charge in [0.2, 0.25) is 0 Å². The van der Waals surface area contributed by atoms with Crippen molar-refractivity contribution in [3.05, 3.63) is 70.9 Å². The molecule has 0 saturated heterocycles. The third kappa shape index (κ3) is 3.40. The van der Waals surface area contributed by atoms with Gasteiger partial charge in [-0.25, -0.2) is 0 Å². The zero-order chi connectivity index (χ0) is 20.4. The number of carbonyl (C=O) groups excluding carboxylic acids is 1. The second-order valence-electron chi connectivity index (χ2n) is 7.22. The molecule has 1 N–H and O–H groups in total. The number of aryl methyl sites for hydroxylation is 1. The monoisotopic (exact) mass is 391 g/mol. The summed E-state index contributed by atoms with van der Waals surface area (Å²) < 4.78 is 10.8. The van der Waals surface area contributed by atoms with Gasteiger partial charge in [0, 0.05) is 37.0 Å². The van der Waals surface area contributed by atoms with Crippen molar-refractivity contribution >= 4 is 5.91 Å². The average molecular weight is 391 g/mol. The van der Waals surface area contributed by atoms with Crippen LogP contribution in [0, 0.1) is 6.92 Å². The van der Waals surface area contributed by atoms with Gasteiger partial charge in [0.15, 0.2) is 0 Å². The van der Waals surface area contributed by atoms with Gasteiger partial charge in [0.25, 0.3) is 5.91 Å². The Morgan fingerprint density at radius 1 is 1.10 bits per heavy atom. The van der Waals surface area contributed by atoms with Crippen molar-refractivity contribution in [2.24, 2.45) is 0 Å². The van der Waals surface area contributed by atoms with E-state index in [0.717, 1.165) is 34.6 Å². The number of nitrogens with one attached hydrogen (secondary N) is 1.